The first-order valence-corrected chi connectivity index (χ1v) is 11.8. The number of nitrogens with one attached hydrogen (secondary N) is 1. The lowest BCUT2D eigenvalue weighted by Crippen LogP contribution is -2.28. The maximum absolute atomic E-state index is 14.8. The Labute approximate surface area is 207 Å². The number of carbonyl (C=O) groups excluding carboxylic acids is 1. The molecule has 2 aromatic carbocycles. The van der Waals surface area contributed by atoms with Gasteiger partial charge in [-0.25, -0.2) is 18.9 Å². The molecule has 36 heavy (non-hydrogen) atoms. The van der Waals surface area contributed by atoms with Crippen LogP contribution in [-0.2, 0) is 11.2 Å². The minimum Gasteiger partial charge on any atom is -0.380 e. The van der Waals surface area contributed by atoms with Crippen LogP contribution >= 0.6 is 0 Å². The van der Waals surface area contributed by atoms with Gasteiger partial charge < -0.3 is 10.1 Å². The van der Waals surface area contributed by atoms with E-state index in [0.717, 1.165) is 28.6 Å². The second kappa shape index (κ2) is 10.6. The fourth-order valence-electron chi connectivity index (χ4n) is 3.95. The van der Waals surface area contributed by atoms with Crippen LogP contribution in [-0.4, -0.2) is 50.2 Å². The van der Waals surface area contributed by atoms with Crippen molar-refractivity contribution in [3.8, 4) is 11.3 Å². The SMILES string of the molecule is CCCOCCNC(=O)c1ccc(-c2cnc3ncc(Cc4ccc5ncccc5c4)n3n2)cc1F. The molecule has 0 aliphatic heterocycles. The molecular formula is C27H25FN6O2. The lowest BCUT2D eigenvalue weighted by molar-refractivity contribution is 0.0911. The zero-order valence-electron chi connectivity index (χ0n) is 19.8. The number of imidazole rings is 1. The number of rotatable bonds is 9. The molecule has 0 aliphatic rings. The highest BCUT2D eigenvalue weighted by Gasteiger charge is 2.15. The summed E-state index contributed by atoms with van der Waals surface area (Å²) in [4.78, 5) is 25.4. The zero-order valence-corrected chi connectivity index (χ0v) is 19.8. The number of carbonyl (C=O) groups is 1. The Morgan fingerprint density at radius 1 is 1.06 bits per heavy atom. The molecular weight excluding hydrogens is 459 g/mol. The number of ether oxygens (including phenoxy) is 1. The summed E-state index contributed by atoms with van der Waals surface area (Å²) in [5.74, 6) is -0.655. The summed E-state index contributed by atoms with van der Waals surface area (Å²) < 4.78 is 21.8. The van der Waals surface area contributed by atoms with Gasteiger partial charge in [-0.05, 0) is 42.3 Å². The summed E-state index contributed by atoms with van der Waals surface area (Å²) in [6.45, 7) is 3.34. The monoisotopic (exact) mass is 484 g/mol. The van der Waals surface area contributed by atoms with E-state index in [1.54, 1.807) is 29.2 Å². The third-order valence-corrected chi connectivity index (χ3v) is 5.74. The summed E-state index contributed by atoms with van der Waals surface area (Å²) in [7, 11) is 0. The number of hydrogen-bond acceptors (Lipinski definition) is 6. The maximum Gasteiger partial charge on any atom is 0.254 e. The number of halogens is 1. The lowest BCUT2D eigenvalue weighted by Gasteiger charge is -2.08. The smallest absolute Gasteiger partial charge is 0.254 e. The van der Waals surface area contributed by atoms with E-state index < -0.39 is 11.7 Å². The van der Waals surface area contributed by atoms with E-state index in [1.807, 2.05) is 31.2 Å². The molecule has 5 aromatic rings. The van der Waals surface area contributed by atoms with Gasteiger partial charge in [-0.1, -0.05) is 25.1 Å². The van der Waals surface area contributed by atoms with Gasteiger partial charge in [0.1, 0.15) is 11.5 Å². The first-order chi connectivity index (χ1) is 17.6. The van der Waals surface area contributed by atoms with Crippen molar-refractivity contribution in [1.29, 1.82) is 0 Å². The van der Waals surface area contributed by atoms with Crippen LogP contribution < -0.4 is 5.32 Å². The minimum absolute atomic E-state index is 0.0302. The summed E-state index contributed by atoms with van der Waals surface area (Å²) in [5, 5.41) is 8.38. The number of pyridine rings is 1. The van der Waals surface area contributed by atoms with Crippen LogP contribution in [0.5, 0.6) is 0 Å². The average Bonchev–Trinajstić information content (AvgIpc) is 3.30. The Morgan fingerprint density at radius 2 is 1.94 bits per heavy atom. The summed E-state index contributed by atoms with van der Waals surface area (Å²) in [6.07, 6.45) is 6.56. The third kappa shape index (κ3) is 5.06. The van der Waals surface area contributed by atoms with Crippen molar-refractivity contribution in [1.82, 2.24) is 29.9 Å². The zero-order chi connectivity index (χ0) is 24.9. The van der Waals surface area contributed by atoms with E-state index in [4.69, 9.17) is 4.74 Å². The topological polar surface area (TPSA) is 94.3 Å². The van der Waals surface area contributed by atoms with Gasteiger partial charge in [0.05, 0.1) is 35.8 Å². The number of fused-ring (bicyclic) bond motifs is 2. The molecule has 0 saturated heterocycles. The van der Waals surface area contributed by atoms with E-state index in [1.165, 1.54) is 12.1 Å². The normalized spacial score (nSPS) is 11.3. The molecule has 3 heterocycles. The van der Waals surface area contributed by atoms with Crippen LogP contribution in [0.3, 0.4) is 0 Å². The van der Waals surface area contributed by atoms with Crippen LogP contribution in [0.15, 0.2) is 67.1 Å². The van der Waals surface area contributed by atoms with Crippen molar-refractivity contribution in [2.75, 3.05) is 19.8 Å². The van der Waals surface area contributed by atoms with Crippen molar-refractivity contribution >= 4 is 22.6 Å². The molecule has 0 radical (unpaired) electrons. The van der Waals surface area contributed by atoms with E-state index in [0.29, 0.717) is 43.2 Å². The van der Waals surface area contributed by atoms with Crippen molar-refractivity contribution in [3.63, 3.8) is 0 Å². The third-order valence-electron chi connectivity index (χ3n) is 5.74. The van der Waals surface area contributed by atoms with E-state index in [-0.39, 0.29) is 5.56 Å². The largest absolute Gasteiger partial charge is 0.380 e. The second-order valence-corrected chi connectivity index (χ2v) is 8.37. The van der Waals surface area contributed by atoms with Gasteiger partial charge in [-0.15, -0.1) is 0 Å². The highest BCUT2D eigenvalue weighted by molar-refractivity contribution is 5.94. The van der Waals surface area contributed by atoms with Gasteiger partial charge in [0.25, 0.3) is 11.7 Å². The van der Waals surface area contributed by atoms with E-state index >= 15 is 0 Å². The van der Waals surface area contributed by atoms with Gasteiger partial charge in [0, 0.05) is 36.7 Å². The molecule has 0 unspecified atom stereocenters. The molecule has 0 aliphatic carbocycles. The summed E-state index contributed by atoms with van der Waals surface area (Å²) in [6, 6.07) is 14.5. The van der Waals surface area contributed by atoms with Gasteiger partial charge in [-0.2, -0.15) is 5.10 Å². The van der Waals surface area contributed by atoms with Gasteiger partial charge in [0.15, 0.2) is 0 Å². The first-order valence-electron chi connectivity index (χ1n) is 11.8. The predicted octanol–water partition coefficient (Wildman–Crippen LogP) is 4.23. The number of amides is 1. The highest BCUT2D eigenvalue weighted by atomic mass is 19.1. The molecule has 0 atom stereocenters. The van der Waals surface area contributed by atoms with Crippen LogP contribution in [0.25, 0.3) is 27.9 Å². The summed E-state index contributed by atoms with van der Waals surface area (Å²) >= 11 is 0. The van der Waals surface area contributed by atoms with Crippen LogP contribution in [0.1, 0.15) is 35.0 Å². The molecule has 9 heteroatoms. The van der Waals surface area contributed by atoms with Gasteiger partial charge in [-0.3, -0.25) is 9.78 Å². The minimum atomic E-state index is -0.628. The first kappa shape index (κ1) is 23.5. The van der Waals surface area contributed by atoms with Crippen LogP contribution in [0.2, 0.25) is 0 Å². The molecule has 182 valence electrons. The standard InChI is InChI=1S/C27H25FN6O2/c1-2-11-36-12-10-30-26(35)22-7-6-20(15-23(22)28)25-17-32-27-31-16-21(34(27)33-25)14-18-5-8-24-19(13-18)4-3-9-29-24/h3-9,13,15-17H,2,10-12,14H2,1H3,(H,30,35). The molecule has 0 saturated carbocycles. The fraction of sp³-hybridized carbons (Fsp3) is 0.222. The molecule has 8 nitrogen and oxygen atoms in total. The highest BCUT2D eigenvalue weighted by Crippen LogP contribution is 2.21. The molecule has 5 rings (SSSR count). The molecule has 1 N–H and O–H groups in total. The molecule has 1 amide bonds. The number of nitrogens with zero attached hydrogens (tertiary/aromatic N) is 5. The Hall–Kier alpha value is -4.24. The lowest BCUT2D eigenvalue weighted by atomic mass is 10.1. The van der Waals surface area contributed by atoms with Crippen molar-refractivity contribution < 1.29 is 13.9 Å². The fourth-order valence-corrected chi connectivity index (χ4v) is 3.95. The Kier molecular flexibility index (Phi) is 6.90. The van der Waals surface area contributed by atoms with E-state index in [2.05, 4.69) is 31.4 Å². The van der Waals surface area contributed by atoms with Crippen molar-refractivity contribution in [3.05, 3.63) is 89.8 Å². The number of aromatic nitrogens is 5. The maximum atomic E-state index is 14.8. The Bertz CT molecular complexity index is 1530. The van der Waals surface area contributed by atoms with Crippen molar-refractivity contribution in [2.45, 2.75) is 19.8 Å². The molecule has 0 fully saturated rings. The molecule has 0 spiro atoms. The van der Waals surface area contributed by atoms with Gasteiger partial charge >= 0.3 is 0 Å². The molecule has 0 bridgehead atoms. The average molecular weight is 485 g/mol. The van der Waals surface area contributed by atoms with Crippen molar-refractivity contribution in [2.24, 2.45) is 0 Å². The predicted molar refractivity (Wildman–Crippen MR) is 134 cm³/mol. The Balaban J connectivity index is 1.35. The Morgan fingerprint density at radius 3 is 2.81 bits per heavy atom. The second-order valence-electron chi connectivity index (χ2n) is 8.37. The van der Waals surface area contributed by atoms with Crippen LogP contribution in [0, 0.1) is 5.82 Å². The van der Waals surface area contributed by atoms with Crippen LogP contribution in [0.4, 0.5) is 4.39 Å². The number of hydrogen-bond donors (Lipinski definition) is 1. The molecule has 3 aromatic heterocycles. The summed E-state index contributed by atoms with van der Waals surface area (Å²) in [5.41, 5.74) is 3.84. The van der Waals surface area contributed by atoms with Gasteiger partial charge in [0.2, 0.25) is 0 Å². The van der Waals surface area contributed by atoms with E-state index in [9.17, 15) is 9.18 Å². The quantitative estimate of drug-likeness (QED) is 0.315. The number of benzene rings is 2.